The van der Waals surface area contributed by atoms with E-state index in [0.717, 1.165) is 14.1 Å². The molecular formula is C12H9F6N4O3S+. The third-order valence-electron chi connectivity index (χ3n) is 3.36. The molecule has 0 aromatic heterocycles. The maximum Gasteiger partial charge on any atom is 0.489 e. The average Bonchev–Trinajstić information content (AvgIpc) is 2.79. The van der Waals surface area contributed by atoms with E-state index >= 15 is 0 Å². The highest BCUT2D eigenvalue weighted by molar-refractivity contribution is 7.81. The highest BCUT2D eigenvalue weighted by Crippen LogP contribution is 2.53. The molecule has 0 fully saturated rings. The minimum atomic E-state index is -5.29. The first-order chi connectivity index (χ1) is 11.6. The van der Waals surface area contributed by atoms with Crippen LogP contribution in [0.5, 0.6) is 0 Å². The molecule has 0 aliphatic carbocycles. The van der Waals surface area contributed by atoms with Crippen molar-refractivity contribution in [1.29, 1.82) is 0 Å². The predicted molar refractivity (Wildman–Crippen MR) is 81.1 cm³/mol. The molecular weight excluding hydrogens is 394 g/mol. The van der Waals surface area contributed by atoms with Crippen LogP contribution in [-0.2, 0) is 6.18 Å². The molecule has 1 unspecified atom stereocenters. The molecule has 1 aliphatic heterocycles. The maximum atomic E-state index is 13.4. The zero-order valence-electron chi connectivity index (χ0n) is 12.9. The van der Waals surface area contributed by atoms with Crippen molar-refractivity contribution in [2.24, 2.45) is 4.99 Å². The molecule has 142 valence electrons. The van der Waals surface area contributed by atoms with Crippen LogP contribution < -0.4 is 3.89 Å². The number of urea groups is 1. The summed E-state index contributed by atoms with van der Waals surface area (Å²) in [5, 5.41) is 11.2. The van der Waals surface area contributed by atoms with Crippen molar-refractivity contribution in [2.75, 3.05) is 14.1 Å². The third-order valence-corrected chi connectivity index (χ3v) is 3.92. The van der Waals surface area contributed by atoms with E-state index in [9.17, 15) is 41.3 Å². The van der Waals surface area contributed by atoms with Gasteiger partial charge < -0.3 is 0 Å². The van der Waals surface area contributed by atoms with Gasteiger partial charge >= 0.3 is 29.9 Å². The summed E-state index contributed by atoms with van der Waals surface area (Å²) in [6.45, 7) is 0. The molecule has 0 N–H and O–H groups in total. The highest BCUT2D eigenvalue weighted by Gasteiger charge is 2.64. The molecule has 0 radical (unpaired) electrons. The number of halogens is 6. The Bertz CT molecular complexity index is 835. The second-order valence-corrected chi connectivity index (χ2v) is 5.96. The number of hydrogen-bond acceptors (Lipinski definition) is 5. The topological polar surface area (TPSA) is 75.8 Å². The first-order valence-electron chi connectivity index (χ1n) is 6.52. The van der Waals surface area contributed by atoms with Gasteiger partial charge in [-0.05, 0) is 6.07 Å². The van der Waals surface area contributed by atoms with E-state index < -0.39 is 55.7 Å². The van der Waals surface area contributed by atoms with E-state index in [1.807, 2.05) is 0 Å². The highest BCUT2D eigenvalue weighted by atomic mass is 32.1. The standard InChI is InChI=1S/C12H9F6N4O3S/c1-20(2)10(23)22(26)8-6(19-9(22)12(16,17)18)3-5(11(13,14)15)4-7(8)21(24)25/h3-4,26H,1-2H3/q+1. The summed E-state index contributed by atoms with van der Waals surface area (Å²) < 4.78 is 76.7. The fourth-order valence-corrected chi connectivity index (χ4v) is 2.88. The molecule has 1 heterocycles. The summed E-state index contributed by atoms with van der Waals surface area (Å²) in [6.07, 6.45) is -10.4. The minimum Gasteiger partial charge on any atom is -0.297 e. The van der Waals surface area contributed by atoms with Gasteiger partial charge in [0.2, 0.25) is 0 Å². The van der Waals surface area contributed by atoms with Crippen molar-refractivity contribution in [1.82, 2.24) is 8.79 Å². The van der Waals surface area contributed by atoms with E-state index in [2.05, 4.69) is 17.8 Å². The predicted octanol–water partition coefficient (Wildman–Crippen LogP) is 4.05. The third kappa shape index (κ3) is 2.98. The number of amidine groups is 1. The van der Waals surface area contributed by atoms with Gasteiger partial charge in [-0.1, -0.05) is 3.89 Å². The number of quaternary nitrogens is 1. The lowest BCUT2D eigenvalue weighted by atomic mass is 10.1. The number of aliphatic imine (C=N–C) groups is 1. The zero-order chi connectivity index (χ0) is 20.2. The summed E-state index contributed by atoms with van der Waals surface area (Å²) >= 11 is 3.66. The number of hydrogen-bond donors (Lipinski definition) is 1. The molecule has 0 saturated heterocycles. The van der Waals surface area contributed by atoms with E-state index in [0.29, 0.717) is 4.90 Å². The van der Waals surface area contributed by atoms with E-state index in [1.54, 1.807) is 0 Å². The van der Waals surface area contributed by atoms with Crippen LogP contribution in [0.2, 0.25) is 0 Å². The number of carbonyl (C=O) groups excluding carboxylic acids is 1. The number of carbonyl (C=O) groups is 1. The Labute approximate surface area is 146 Å². The molecule has 1 aromatic rings. The zero-order valence-corrected chi connectivity index (χ0v) is 13.8. The number of alkyl halides is 6. The van der Waals surface area contributed by atoms with Gasteiger partial charge in [0.25, 0.3) is 5.69 Å². The maximum absolute atomic E-state index is 13.4. The average molecular weight is 403 g/mol. The van der Waals surface area contributed by atoms with Crippen molar-refractivity contribution < 1.29 is 36.1 Å². The van der Waals surface area contributed by atoms with E-state index in [-0.39, 0.29) is 12.1 Å². The minimum absolute atomic E-state index is 0.0415. The molecule has 2 amide bonds. The van der Waals surface area contributed by atoms with Crippen molar-refractivity contribution in [2.45, 2.75) is 12.4 Å². The normalized spacial score (nSPS) is 19.8. The van der Waals surface area contributed by atoms with Crippen LogP contribution in [0.25, 0.3) is 0 Å². The fraction of sp³-hybridized carbons (Fsp3) is 0.333. The number of nitro groups is 1. The summed E-state index contributed by atoms with van der Waals surface area (Å²) in [5.41, 5.74) is -4.96. The number of thiol groups is 1. The van der Waals surface area contributed by atoms with E-state index in [1.165, 1.54) is 0 Å². The molecule has 0 spiro atoms. The van der Waals surface area contributed by atoms with Crippen molar-refractivity contribution >= 4 is 41.7 Å². The van der Waals surface area contributed by atoms with Gasteiger partial charge in [0.15, 0.2) is 0 Å². The summed E-state index contributed by atoms with van der Waals surface area (Å²) in [6, 6.07) is -1.15. The first kappa shape index (κ1) is 20.0. The van der Waals surface area contributed by atoms with E-state index in [4.69, 9.17) is 0 Å². The first-order valence-corrected chi connectivity index (χ1v) is 6.92. The van der Waals surface area contributed by atoms with Crippen LogP contribution in [0.1, 0.15) is 5.56 Å². The Morgan fingerprint density at radius 1 is 1.19 bits per heavy atom. The number of nitro benzene ring substituents is 1. The number of amides is 2. The molecule has 0 bridgehead atoms. The van der Waals surface area contributed by atoms with Crippen molar-refractivity contribution in [3.8, 4) is 0 Å². The molecule has 1 atom stereocenters. The SMILES string of the molecule is CN(C)C(=O)[N+]1(S)C(C(F)(F)F)=Nc2cc(C(F)(F)F)cc([N+](=O)[O-])c21. The molecule has 1 aromatic carbocycles. The molecule has 0 saturated carbocycles. The Hall–Kier alpha value is -2.35. The van der Waals surface area contributed by atoms with Crippen LogP contribution in [0, 0.1) is 10.1 Å². The Morgan fingerprint density at radius 3 is 2.12 bits per heavy atom. The summed E-state index contributed by atoms with van der Waals surface area (Å²) in [5.74, 6) is -1.91. The van der Waals surface area contributed by atoms with Gasteiger partial charge in [-0.25, -0.2) is 4.79 Å². The Morgan fingerprint density at radius 2 is 1.73 bits per heavy atom. The smallest absolute Gasteiger partial charge is 0.297 e. The lowest BCUT2D eigenvalue weighted by Crippen LogP contribution is -2.58. The molecule has 14 heteroatoms. The van der Waals surface area contributed by atoms with Gasteiger partial charge in [-0.3, -0.25) is 15.0 Å². The largest absolute Gasteiger partial charge is 0.489 e. The van der Waals surface area contributed by atoms with Crippen LogP contribution in [0.4, 0.5) is 48.2 Å². The molecule has 26 heavy (non-hydrogen) atoms. The number of nitrogens with zero attached hydrogens (tertiary/aromatic N) is 4. The van der Waals surface area contributed by atoms with Gasteiger partial charge in [0.1, 0.15) is 5.69 Å². The Balaban J connectivity index is 2.93. The quantitative estimate of drug-likeness (QED) is 0.253. The van der Waals surface area contributed by atoms with Gasteiger partial charge in [0.05, 0.1) is 23.3 Å². The lowest BCUT2D eigenvalue weighted by molar-refractivity contribution is -0.384. The second-order valence-electron chi connectivity index (χ2n) is 5.36. The lowest BCUT2D eigenvalue weighted by Gasteiger charge is -2.27. The van der Waals surface area contributed by atoms with Crippen molar-refractivity contribution in [3.63, 3.8) is 0 Å². The Kier molecular flexibility index (Phi) is 4.48. The van der Waals surface area contributed by atoms with Gasteiger partial charge in [0, 0.05) is 20.2 Å². The van der Waals surface area contributed by atoms with Crippen LogP contribution in [0.15, 0.2) is 17.1 Å². The summed E-state index contributed by atoms with van der Waals surface area (Å²) in [4.78, 5) is 25.9. The second kappa shape index (κ2) is 5.84. The molecule has 2 rings (SSSR count). The fourth-order valence-electron chi connectivity index (χ4n) is 2.34. The van der Waals surface area contributed by atoms with Crippen LogP contribution in [-0.4, -0.2) is 42.0 Å². The van der Waals surface area contributed by atoms with Crippen LogP contribution in [0.3, 0.4) is 0 Å². The monoisotopic (exact) mass is 403 g/mol. The van der Waals surface area contributed by atoms with Gasteiger partial charge in [-0.2, -0.15) is 31.3 Å². The van der Waals surface area contributed by atoms with Crippen molar-refractivity contribution in [3.05, 3.63) is 27.8 Å². The summed E-state index contributed by atoms with van der Waals surface area (Å²) in [7, 11) is 2.11. The van der Waals surface area contributed by atoms with Gasteiger partial charge in [-0.15, -0.1) is 0 Å². The number of benzene rings is 1. The number of fused-ring (bicyclic) bond motifs is 1. The molecule has 7 nitrogen and oxygen atoms in total. The van der Waals surface area contributed by atoms with Crippen LogP contribution >= 0.6 is 12.8 Å². The number of rotatable bonds is 1. The molecule has 1 aliphatic rings.